The monoisotopic (exact) mass is 338 g/mol. The van der Waals surface area contributed by atoms with Crippen molar-refractivity contribution in [2.24, 2.45) is 11.8 Å². The number of hydrogen-bond acceptors (Lipinski definition) is 2. The normalized spacial score (nSPS) is 20.3. The molecule has 0 unspecified atom stereocenters. The number of halogens is 1. The fraction of sp³-hybridized carbons (Fsp3) is 0.467. The van der Waals surface area contributed by atoms with Gasteiger partial charge in [0.2, 0.25) is 5.91 Å². The Morgan fingerprint density at radius 1 is 1.20 bits per heavy atom. The average Bonchev–Trinajstić information content (AvgIpc) is 3.16. The van der Waals surface area contributed by atoms with Gasteiger partial charge in [0.1, 0.15) is 0 Å². The van der Waals surface area contributed by atoms with Gasteiger partial charge in [-0.1, -0.05) is 22.9 Å². The van der Waals surface area contributed by atoms with Crippen molar-refractivity contribution in [3.8, 4) is 0 Å². The van der Waals surface area contributed by atoms with Gasteiger partial charge in [0, 0.05) is 29.0 Å². The molecule has 0 saturated heterocycles. The molecule has 0 heterocycles. The Balaban J connectivity index is 1.60. The van der Waals surface area contributed by atoms with Crippen molar-refractivity contribution in [1.29, 1.82) is 0 Å². The number of rotatable bonds is 6. The molecule has 5 heteroatoms. The van der Waals surface area contributed by atoms with Crippen molar-refractivity contribution >= 4 is 27.7 Å². The van der Waals surface area contributed by atoms with E-state index >= 15 is 0 Å². The summed E-state index contributed by atoms with van der Waals surface area (Å²) in [6, 6.07) is 7.23. The maximum absolute atomic E-state index is 11.8. The second-order valence-corrected chi connectivity index (χ2v) is 6.14. The number of carbonyl (C=O) groups is 2. The van der Waals surface area contributed by atoms with Crippen LogP contribution >= 0.6 is 15.9 Å². The van der Waals surface area contributed by atoms with Gasteiger partial charge in [-0.05, 0) is 43.0 Å². The predicted molar refractivity (Wildman–Crippen MR) is 81.4 cm³/mol. The minimum absolute atomic E-state index is 0.0837. The summed E-state index contributed by atoms with van der Waals surface area (Å²) in [6.07, 6.45) is 1.75. The SMILES string of the molecule is C[C@H]1C[C@H]1C(=O)NCCCNC(=O)c1ccc(Br)cc1. The molecule has 2 amide bonds. The number of carbonyl (C=O) groups excluding carboxylic acids is 2. The molecule has 0 radical (unpaired) electrons. The second kappa shape index (κ2) is 6.88. The van der Waals surface area contributed by atoms with Gasteiger partial charge < -0.3 is 10.6 Å². The Hall–Kier alpha value is -1.36. The lowest BCUT2D eigenvalue weighted by Gasteiger charge is -2.06. The standard InChI is InChI=1S/C15H19BrN2O2/c1-10-9-13(10)15(20)18-8-2-7-17-14(19)11-3-5-12(16)6-4-11/h3-6,10,13H,2,7-9H2,1H3,(H,17,19)(H,18,20)/t10-,13+/m0/s1. The molecule has 0 bridgehead atoms. The number of hydrogen-bond donors (Lipinski definition) is 2. The third kappa shape index (κ3) is 4.34. The molecule has 1 aromatic rings. The first-order valence-corrected chi connectivity index (χ1v) is 7.68. The molecule has 1 aromatic carbocycles. The van der Waals surface area contributed by atoms with E-state index in [4.69, 9.17) is 0 Å². The highest BCUT2D eigenvalue weighted by Gasteiger charge is 2.38. The summed E-state index contributed by atoms with van der Waals surface area (Å²) >= 11 is 3.33. The largest absolute Gasteiger partial charge is 0.356 e. The summed E-state index contributed by atoms with van der Waals surface area (Å²) in [5.41, 5.74) is 0.643. The first-order chi connectivity index (χ1) is 9.58. The van der Waals surface area contributed by atoms with Crippen LogP contribution in [0.25, 0.3) is 0 Å². The summed E-state index contributed by atoms with van der Waals surface area (Å²) in [5.74, 6) is 0.816. The smallest absolute Gasteiger partial charge is 0.251 e. The average molecular weight is 339 g/mol. The molecule has 1 aliphatic carbocycles. The second-order valence-electron chi connectivity index (χ2n) is 5.23. The Morgan fingerprint density at radius 3 is 2.40 bits per heavy atom. The fourth-order valence-corrected chi connectivity index (χ4v) is 2.29. The highest BCUT2D eigenvalue weighted by Crippen LogP contribution is 2.37. The summed E-state index contributed by atoms with van der Waals surface area (Å²) in [7, 11) is 0. The molecule has 108 valence electrons. The van der Waals surface area contributed by atoms with Crippen LogP contribution in [-0.4, -0.2) is 24.9 Å². The van der Waals surface area contributed by atoms with E-state index in [0.29, 0.717) is 24.6 Å². The number of amides is 2. The van der Waals surface area contributed by atoms with Gasteiger partial charge >= 0.3 is 0 Å². The third-order valence-corrected chi connectivity index (χ3v) is 4.02. The Labute approximate surface area is 127 Å². The molecule has 0 spiro atoms. The van der Waals surface area contributed by atoms with Crippen LogP contribution in [0.3, 0.4) is 0 Å². The van der Waals surface area contributed by atoms with E-state index in [0.717, 1.165) is 17.3 Å². The van der Waals surface area contributed by atoms with Crippen LogP contribution < -0.4 is 10.6 Å². The van der Waals surface area contributed by atoms with E-state index in [-0.39, 0.29) is 17.7 Å². The summed E-state index contributed by atoms with van der Waals surface area (Å²) < 4.78 is 0.950. The topological polar surface area (TPSA) is 58.2 Å². The maximum Gasteiger partial charge on any atom is 0.251 e. The fourth-order valence-electron chi connectivity index (χ4n) is 2.02. The Morgan fingerprint density at radius 2 is 1.80 bits per heavy atom. The molecule has 20 heavy (non-hydrogen) atoms. The molecule has 1 aliphatic rings. The summed E-state index contributed by atoms with van der Waals surface area (Å²) in [4.78, 5) is 23.4. The molecular weight excluding hydrogens is 320 g/mol. The van der Waals surface area contributed by atoms with Gasteiger partial charge in [-0.15, -0.1) is 0 Å². The maximum atomic E-state index is 11.8. The first-order valence-electron chi connectivity index (χ1n) is 6.89. The van der Waals surface area contributed by atoms with Crippen LogP contribution in [0.5, 0.6) is 0 Å². The highest BCUT2D eigenvalue weighted by molar-refractivity contribution is 9.10. The zero-order valence-corrected chi connectivity index (χ0v) is 13.1. The molecule has 2 atom stereocenters. The van der Waals surface area contributed by atoms with E-state index < -0.39 is 0 Å². The van der Waals surface area contributed by atoms with Crippen molar-refractivity contribution in [1.82, 2.24) is 10.6 Å². The molecule has 0 aliphatic heterocycles. The van der Waals surface area contributed by atoms with E-state index in [2.05, 4.69) is 33.5 Å². The van der Waals surface area contributed by atoms with E-state index in [1.165, 1.54) is 0 Å². The minimum atomic E-state index is -0.0837. The van der Waals surface area contributed by atoms with E-state index in [1.807, 2.05) is 12.1 Å². The van der Waals surface area contributed by atoms with Crippen molar-refractivity contribution in [3.05, 3.63) is 34.3 Å². The molecule has 1 saturated carbocycles. The first kappa shape index (κ1) is 15.0. The van der Waals surface area contributed by atoms with Crippen LogP contribution in [0.4, 0.5) is 0 Å². The quantitative estimate of drug-likeness (QED) is 0.782. The van der Waals surface area contributed by atoms with Crippen LogP contribution in [-0.2, 0) is 4.79 Å². The molecular formula is C15H19BrN2O2. The minimum Gasteiger partial charge on any atom is -0.356 e. The van der Waals surface area contributed by atoms with Crippen LogP contribution in [0.15, 0.2) is 28.7 Å². The Kier molecular flexibility index (Phi) is 5.17. The van der Waals surface area contributed by atoms with Gasteiger partial charge in [-0.2, -0.15) is 0 Å². The van der Waals surface area contributed by atoms with Gasteiger partial charge in [-0.25, -0.2) is 0 Å². The van der Waals surface area contributed by atoms with Crippen molar-refractivity contribution in [3.63, 3.8) is 0 Å². The van der Waals surface area contributed by atoms with Crippen molar-refractivity contribution < 1.29 is 9.59 Å². The van der Waals surface area contributed by atoms with Gasteiger partial charge in [0.15, 0.2) is 0 Å². The van der Waals surface area contributed by atoms with E-state index in [1.54, 1.807) is 12.1 Å². The van der Waals surface area contributed by atoms with Crippen molar-refractivity contribution in [2.75, 3.05) is 13.1 Å². The van der Waals surface area contributed by atoms with Crippen LogP contribution in [0.1, 0.15) is 30.1 Å². The number of nitrogens with one attached hydrogen (secondary N) is 2. The van der Waals surface area contributed by atoms with Gasteiger partial charge in [-0.3, -0.25) is 9.59 Å². The van der Waals surface area contributed by atoms with Gasteiger partial charge in [0.05, 0.1) is 0 Å². The van der Waals surface area contributed by atoms with Crippen molar-refractivity contribution in [2.45, 2.75) is 19.8 Å². The highest BCUT2D eigenvalue weighted by atomic mass is 79.9. The van der Waals surface area contributed by atoms with Crippen LogP contribution in [0, 0.1) is 11.8 Å². The number of benzene rings is 1. The lowest BCUT2D eigenvalue weighted by Crippen LogP contribution is -2.30. The lowest BCUT2D eigenvalue weighted by molar-refractivity contribution is -0.122. The zero-order valence-electron chi connectivity index (χ0n) is 11.5. The summed E-state index contributed by atoms with van der Waals surface area (Å²) in [5, 5.41) is 5.74. The third-order valence-electron chi connectivity index (χ3n) is 3.49. The molecule has 2 N–H and O–H groups in total. The molecule has 1 fully saturated rings. The van der Waals surface area contributed by atoms with E-state index in [9.17, 15) is 9.59 Å². The predicted octanol–water partition coefficient (Wildman–Crippen LogP) is 2.34. The molecule has 2 rings (SSSR count). The summed E-state index contributed by atoms with van der Waals surface area (Å²) in [6.45, 7) is 3.26. The molecule has 4 nitrogen and oxygen atoms in total. The lowest BCUT2D eigenvalue weighted by atomic mass is 10.2. The Bertz CT molecular complexity index is 487. The molecule has 0 aromatic heterocycles. The van der Waals surface area contributed by atoms with Gasteiger partial charge in [0.25, 0.3) is 5.91 Å². The van der Waals surface area contributed by atoms with Crippen LogP contribution in [0.2, 0.25) is 0 Å². The zero-order chi connectivity index (χ0) is 14.5.